The quantitative estimate of drug-likeness (QED) is 0.847. The van der Waals surface area contributed by atoms with E-state index in [1.54, 1.807) is 11.9 Å². The van der Waals surface area contributed by atoms with Crippen LogP contribution < -0.4 is 5.73 Å². The lowest BCUT2D eigenvalue weighted by molar-refractivity contribution is 0.0747. The first-order chi connectivity index (χ1) is 8.50. The molecule has 18 heavy (non-hydrogen) atoms. The van der Waals surface area contributed by atoms with Crippen LogP contribution in [0.3, 0.4) is 0 Å². The van der Waals surface area contributed by atoms with E-state index in [4.69, 9.17) is 5.73 Å². The van der Waals surface area contributed by atoms with Crippen LogP contribution in [0.4, 0.5) is 10.1 Å². The number of carbonyl (C=O) groups excluding carboxylic acids is 1. The molecule has 98 valence electrons. The van der Waals surface area contributed by atoms with Crippen molar-refractivity contribution in [1.29, 1.82) is 0 Å². The summed E-state index contributed by atoms with van der Waals surface area (Å²) in [6.45, 7) is 0. The number of amides is 1. The van der Waals surface area contributed by atoms with Crippen molar-refractivity contribution in [3.63, 3.8) is 0 Å². The van der Waals surface area contributed by atoms with Gasteiger partial charge in [0, 0.05) is 23.3 Å². The average Bonchev–Trinajstić information content (AvgIpc) is 2.85. The normalized spacial score (nSPS) is 18.9. The van der Waals surface area contributed by atoms with E-state index < -0.39 is 5.82 Å². The summed E-state index contributed by atoms with van der Waals surface area (Å²) in [4.78, 5) is 14.0. The van der Waals surface area contributed by atoms with Gasteiger partial charge in [-0.05, 0) is 40.2 Å². The van der Waals surface area contributed by atoms with E-state index in [2.05, 4.69) is 15.9 Å². The van der Waals surface area contributed by atoms with Crippen molar-refractivity contribution >= 4 is 39.3 Å². The smallest absolute Gasteiger partial charge is 0.255 e. The minimum absolute atomic E-state index is 0.00394. The lowest BCUT2D eigenvalue weighted by Gasteiger charge is -2.24. The Labute approximate surface area is 118 Å². The number of nitrogens with zero attached hydrogens (tertiary/aromatic N) is 1. The van der Waals surface area contributed by atoms with Crippen LogP contribution >= 0.6 is 27.7 Å². The molecule has 3 nitrogen and oxygen atoms in total. The van der Waals surface area contributed by atoms with Crippen LogP contribution in [0.2, 0.25) is 0 Å². The molecule has 0 bridgehead atoms. The Bertz CT molecular complexity index is 477. The highest BCUT2D eigenvalue weighted by atomic mass is 79.9. The number of thioether (sulfide) groups is 1. The van der Waals surface area contributed by atoms with Gasteiger partial charge in [-0.15, -0.1) is 0 Å². The molecule has 0 aliphatic carbocycles. The molecule has 1 aliphatic heterocycles. The molecular weight excluding hydrogens is 319 g/mol. The molecule has 1 aromatic carbocycles. The third-order valence-corrected chi connectivity index (χ3v) is 4.89. The molecule has 1 fully saturated rings. The summed E-state index contributed by atoms with van der Waals surface area (Å²) in [5, 5.41) is 0. The fourth-order valence-electron chi connectivity index (χ4n) is 1.91. The van der Waals surface area contributed by atoms with E-state index in [-0.39, 0.29) is 17.6 Å². The second-order valence-corrected chi connectivity index (χ2v) is 6.29. The van der Waals surface area contributed by atoms with E-state index in [0.717, 1.165) is 17.9 Å². The van der Waals surface area contributed by atoms with Crippen molar-refractivity contribution in [1.82, 2.24) is 4.90 Å². The summed E-state index contributed by atoms with van der Waals surface area (Å²) in [6, 6.07) is 2.88. The topological polar surface area (TPSA) is 46.3 Å². The van der Waals surface area contributed by atoms with Crippen molar-refractivity contribution < 1.29 is 9.18 Å². The summed E-state index contributed by atoms with van der Waals surface area (Å²) in [6.07, 6.45) is 1.00. The molecule has 1 aliphatic rings. The first-order valence-corrected chi connectivity index (χ1v) is 7.55. The second kappa shape index (κ2) is 5.48. The number of hydrogen-bond acceptors (Lipinski definition) is 3. The SMILES string of the molecule is CN(C(=O)c1cc(N)c(F)cc1Br)C1CCSC1. The van der Waals surface area contributed by atoms with Crippen molar-refractivity contribution in [2.45, 2.75) is 12.5 Å². The molecular formula is C12H14BrFN2OS. The van der Waals surface area contributed by atoms with Gasteiger partial charge >= 0.3 is 0 Å². The Morgan fingerprint density at radius 1 is 1.61 bits per heavy atom. The van der Waals surface area contributed by atoms with Crippen LogP contribution in [-0.2, 0) is 0 Å². The van der Waals surface area contributed by atoms with Crippen LogP contribution in [0, 0.1) is 5.82 Å². The van der Waals surface area contributed by atoms with Crippen molar-refractivity contribution in [3.05, 3.63) is 28.0 Å². The van der Waals surface area contributed by atoms with Crippen molar-refractivity contribution in [2.24, 2.45) is 0 Å². The Balaban J connectivity index is 2.25. The summed E-state index contributed by atoms with van der Waals surface area (Å²) < 4.78 is 13.7. The Morgan fingerprint density at radius 3 is 2.94 bits per heavy atom. The van der Waals surface area contributed by atoms with E-state index >= 15 is 0 Å². The second-order valence-electron chi connectivity index (χ2n) is 4.29. The van der Waals surface area contributed by atoms with E-state index in [0.29, 0.717) is 10.0 Å². The maximum Gasteiger partial charge on any atom is 0.255 e. The minimum Gasteiger partial charge on any atom is -0.396 e. The van der Waals surface area contributed by atoms with Crippen LogP contribution in [0.15, 0.2) is 16.6 Å². The van der Waals surface area contributed by atoms with E-state index in [9.17, 15) is 9.18 Å². The molecule has 0 spiro atoms. The average molecular weight is 333 g/mol. The monoisotopic (exact) mass is 332 g/mol. The fraction of sp³-hybridized carbons (Fsp3) is 0.417. The lowest BCUT2D eigenvalue weighted by atomic mass is 10.1. The molecule has 1 unspecified atom stereocenters. The molecule has 0 saturated carbocycles. The van der Waals surface area contributed by atoms with Crippen LogP contribution in [0.25, 0.3) is 0 Å². The maximum atomic E-state index is 13.2. The van der Waals surface area contributed by atoms with Crippen molar-refractivity contribution in [3.8, 4) is 0 Å². The number of anilines is 1. The van der Waals surface area contributed by atoms with Crippen LogP contribution in [0.1, 0.15) is 16.8 Å². The molecule has 0 radical (unpaired) electrons. The van der Waals surface area contributed by atoms with Gasteiger partial charge in [-0.2, -0.15) is 11.8 Å². The zero-order valence-corrected chi connectivity index (χ0v) is 12.4. The standard InChI is InChI=1S/C12H14BrFN2OS/c1-16(7-2-3-18-6-7)12(17)8-4-11(15)10(14)5-9(8)13/h4-5,7H,2-3,6,15H2,1H3. The van der Waals surface area contributed by atoms with Crippen LogP contribution in [0.5, 0.6) is 0 Å². The van der Waals surface area contributed by atoms with Gasteiger partial charge in [-0.1, -0.05) is 0 Å². The van der Waals surface area contributed by atoms with Gasteiger partial charge in [0.25, 0.3) is 5.91 Å². The van der Waals surface area contributed by atoms with E-state index in [1.807, 2.05) is 11.8 Å². The molecule has 1 atom stereocenters. The highest BCUT2D eigenvalue weighted by Crippen LogP contribution is 2.27. The zero-order chi connectivity index (χ0) is 13.3. The van der Waals surface area contributed by atoms with Gasteiger partial charge in [0.1, 0.15) is 5.82 Å². The Hall–Kier alpha value is -0.750. The number of nitrogen functional groups attached to an aromatic ring is 1. The minimum atomic E-state index is -0.516. The summed E-state index contributed by atoms with van der Waals surface area (Å²) in [7, 11) is 1.78. The first kappa shape index (κ1) is 13.7. The molecule has 2 N–H and O–H groups in total. The molecule has 1 saturated heterocycles. The highest BCUT2D eigenvalue weighted by molar-refractivity contribution is 9.10. The third-order valence-electron chi connectivity index (χ3n) is 3.09. The van der Waals surface area contributed by atoms with E-state index in [1.165, 1.54) is 12.1 Å². The molecule has 1 amide bonds. The highest BCUT2D eigenvalue weighted by Gasteiger charge is 2.26. The fourth-order valence-corrected chi connectivity index (χ4v) is 3.67. The molecule has 6 heteroatoms. The van der Waals surface area contributed by atoms with Crippen LogP contribution in [-0.4, -0.2) is 35.4 Å². The first-order valence-electron chi connectivity index (χ1n) is 5.60. The third kappa shape index (κ3) is 2.64. The number of halogens is 2. The number of carbonyl (C=O) groups is 1. The maximum absolute atomic E-state index is 13.2. The van der Waals surface area contributed by atoms with Gasteiger partial charge in [-0.3, -0.25) is 4.79 Å². The Kier molecular flexibility index (Phi) is 4.17. The van der Waals surface area contributed by atoms with Gasteiger partial charge in [0.2, 0.25) is 0 Å². The molecule has 1 heterocycles. The van der Waals surface area contributed by atoms with Gasteiger partial charge < -0.3 is 10.6 Å². The summed E-state index contributed by atoms with van der Waals surface area (Å²) in [5.74, 6) is 1.39. The molecule has 2 rings (SSSR count). The number of nitrogens with two attached hydrogens (primary N) is 1. The number of hydrogen-bond donors (Lipinski definition) is 1. The predicted octanol–water partition coefficient (Wildman–Crippen LogP) is 2.75. The largest absolute Gasteiger partial charge is 0.396 e. The lowest BCUT2D eigenvalue weighted by Crippen LogP contribution is -2.37. The van der Waals surface area contributed by atoms with Gasteiger partial charge in [0.05, 0.1) is 11.3 Å². The van der Waals surface area contributed by atoms with Crippen molar-refractivity contribution in [2.75, 3.05) is 24.3 Å². The molecule has 1 aromatic rings. The summed E-state index contributed by atoms with van der Waals surface area (Å²) >= 11 is 5.05. The zero-order valence-electron chi connectivity index (χ0n) is 9.95. The number of benzene rings is 1. The number of rotatable bonds is 2. The Morgan fingerprint density at radius 2 is 2.33 bits per heavy atom. The summed E-state index contributed by atoms with van der Waals surface area (Å²) in [5.41, 5.74) is 5.92. The molecule has 0 aromatic heterocycles. The van der Waals surface area contributed by atoms with Gasteiger partial charge in [-0.25, -0.2) is 4.39 Å². The van der Waals surface area contributed by atoms with Gasteiger partial charge in [0.15, 0.2) is 0 Å². The predicted molar refractivity (Wildman–Crippen MR) is 76.3 cm³/mol.